The Morgan fingerprint density at radius 2 is 1.38 bits per heavy atom. The third-order valence-electron chi connectivity index (χ3n) is 7.91. The first-order chi connectivity index (χ1) is 19.5. The van der Waals surface area contributed by atoms with E-state index in [0.29, 0.717) is 22.6 Å². The van der Waals surface area contributed by atoms with E-state index >= 15 is 0 Å². The van der Waals surface area contributed by atoms with Crippen LogP contribution in [0.1, 0.15) is 36.0 Å². The third kappa shape index (κ3) is 6.46. The predicted octanol–water partition coefficient (Wildman–Crippen LogP) is 5.21. The molecule has 228 valence electrons. The van der Waals surface area contributed by atoms with Gasteiger partial charge in [0.2, 0.25) is 11.8 Å². The first kappa shape index (κ1) is 31.1. The number of amides is 4. The van der Waals surface area contributed by atoms with Crippen molar-refractivity contribution >= 4 is 23.5 Å². The van der Waals surface area contributed by atoms with Crippen LogP contribution in [0.5, 0.6) is 0 Å². The minimum atomic E-state index is -5.08. The van der Waals surface area contributed by atoms with Crippen LogP contribution in [0.15, 0.2) is 42.5 Å². The van der Waals surface area contributed by atoms with Gasteiger partial charge in [0.1, 0.15) is 5.82 Å². The quantitative estimate of drug-likeness (QED) is 0.452. The van der Waals surface area contributed by atoms with E-state index in [2.05, 4.69) is 0 Å². The molecule has 4 amide bonds. The molecule has 0 aromatic heterocycles. The molecule has 0 radical (unpaired) electrons. The van der Waals surface area contributed by atoms with E-state index < -0.39 is 53.0 Å². The Morgan fingerprint density at radius 3 is 1.88 bits per heavy atom. The minimum absolute atomic E-state index is 0.0133. The summed E-state index contributed by atoms with van der Waals surface area (Å²) in [4.78, 5) is 43.3. The Kier molecular flexibility index (Phi) is 8.47. The van der Waals surface area contributed by atoms with Crippen molar-refractivity contribution in [3.05, 3.63) is 65.0 Å². The van der Waals surface area contributed by atoms with E-state index in [1.165, 1.54) is 48.0 Å². The molecule has 14 heteroatoms. The molecule has 2 heterocycles. The smallest absolute Gasteiger partial charge is 0.342 e. The highest BCUT2D eigenvalue weighted by Gasteiger charge is 2.43. The van der Waals surface area contributed by atoms with Gasteiger partial charge in [-0.15, -0.1) is 0 Å². The van der Waals surface area contributed by atoms with Gasteiger partial charge in [-0.1, -0.05) is 12.1 Å². The fourth-order valence-electron chi connectivity index (χ4n) is 5.41. The highest BCUT2D eigenvalue weighted by Crippen LogP contribution is 2.39. The molecule has 0 aliphatic carbocycles. The zero-order valence-electron chi connectivity index (χ0n) is 23.0. The zero-order chi connectivity index (χ0) is 31.1. The van der Waals surface area contributed by atoms with Crippen LogP contribution >= 0.6 is 0 Å². The highest BCUT2D eigenvalue weighted by atomic mass is 19.4. The molecule has 0 saturated carbocycles. The average molecular weight is 603 g/mol. The van der Waals surface area contributed by atoms with E-state index in [9.17, 15) is 45.1 Å². The number of hydrogen-bond donors (Lipinski definition) is 0. The van der Waals surface area contributed by atoms with E-state index in [1.807, 2.05) is 0 Å². The maximum Gasteiger partial charge on any atom is 0.416 e. The number of likely N-dealkylation sites (N-methyl/N-ethyl adjacent to an activating group) is 1. The Bertz CT molecular complexity index is 1310. The highest BCUT2D eigenvalue weighted by molar-refractivity contribution is 5.92. The van der Waals surface area contributed by atoms with Crippen LogP contribution in [-0.2, 0) is 21.9 Å². The van der Waals surface area contributed by atoms with E-state index in [1.54, 1.807) is 4.90 Å². The van der Waals surface area contributed by atoms with Gasteiger partial charge < -0.3 is 14.7 Å². The molecule has 7 nitrogen and oxygen atoms in total. The number of nitrogens with zero attached hydrogens (tertiary/aromatic N) is 4. The van der Waals surface area contributed by atoms with Crippen LogP contribution < -0.4 is 4.90 Å². The van der Waals surface area contributed by atoms with Crippen LogP contribution in [0, 0.1) is 11.7 Å². The number of hydrogen-bond acceptors (Lipinski definition) is 3. The molecule has 2 atom stereocenters. The fourth-order valence-corrected chi connectivity index (χ4v) is 5.41. The summed E-state index contributed by atoms with van der Waals surface area (Å²) >= 11 is 0. The summed E-state index contributed by atoms with van der Waals surface area (Å²) in [6.45, 7) is 2.34. The van der Waals surface area contributed by atoms with E-state index in [4.69, 9.17) is 0 Å². The summed E-state index contributed by atoms with van der Waals surface area (Å²) < 4.78 is 94.1. The van der Waals surface area contributed by atoms with Crippen molar-refractivity contribution in [1.29, 1.82) is 0 Å². The lowest BCUT2D eigenvalue weighted by molar-refractivity contribution is -0.149. The van der Waals surface area contributed by atoms with Crippen LogP contribution in [0.4, 0.5) is 41.2 Å². The number of benzene rings is 2. The maximum atomic E-state index is 13.7. The molecule has 4 rings (SSSR count). The lowest BCUT2D eigenvalue weighted by Gasteiger charge is -2.46. The molecule has 0 unspecified atom stereocenters. The van der Waals surface area contributed by atoms with Gasteiger partial charge in [-0.05, 0) is 42.3 Å². The number of rotatable bonds is 4. The average Bonchev–Trinajstić information content (AvgIpc) is 2.89. The fraction of sp³-hybridized carbons (Fsp3) is 0.464. The SMILES string of the molecule is CC(=O)N1CC(C(=O)N2CC[C@@H](N(C)C(=O)N(C)c3cc(C(F)(F)F)cc(C(F)(F)F)c3)[C@H](c3ccc(F)cc3)C2)C1. The van der Waals surface area contributed by atoms with Crippen LogP contribution in [0.2, 0.25) is 0 Å². The summed E-state index contributed by atoms with van der Waals surface area (Å²) in [6.07, 6.45) is -9.93. The zero-order valence-corrected chi connectivity index (χ0v) is 23.0. The van der Waals surface area contributed by atoms with Crippen molar-refractivity contribution in [1.82, 2.24) is 14.7 Å². The van der Waals surface area contributed by atoms with Crippen molar-refractivity contribution in [3.63, 3.8) is 0 Å². The number of likely N-dealkylation sites (tertiary alicyclic amines) is 2. The number of piperidine rings is 1. The maximum absolute atomic E-state index is 13.7. The van der Waals surface area contributed by atoms with Crippen molar-refractivity contribution in [2.75, 3.05) is 45.2 Å². The second kappa shape index (κ2) is 11.4. The number of alkyl halides is 6. The molecular formula is C28H29F7N4O3. The second-order valence-corrected chi connectivity index (χ2v) is 10.6. The summed E-state index contributed by atoms with van der Waals surface area (Å²) in [5.41, 5.74) is -3.10. The summed E-state index contributed by atoms with van der Waals surface area (Å²) in [7, 11) is 2.46. The van der Waals surface area contributed by atoms with Gasteiger partial charge in [-0.3, -0.25) is 14.5 Å². The van der Waals surface area contributed by atoms with Crippen molar-refractivity contribution in [3.8, 4) is 0 Å². The number of urea groups is 1. The van der Waals surface area contributed by atoms with Gasteiger partial charge in [0.05, 0.1) is 17.0 Å². The molecule has 0 bridgehead atoms. The molecule has 42 heavy (non-hydrogen) atoms. The van der Waals surface area contributed by atoms with Gasteiger partial charge in [-0.2, -0.15) is 26.3 Å². The van der Waals surface area contributed by atoms with Gasteiger partial charge in [0.25, 0.3) is 0 Å². The molecule has 2 aliphatic rings. The summed E-state index contributed by atoms with van der Waals surface area (Å²) in [5, 5.41) is 0. The Balaban J connectivity index is 1.59. The van der Waals surface area contributed by atoms with Gasteiger partial charge in [-0.25, -0.2) is 9.18 Å². The number of halogens is 7. The molecule has 2 aliphatic heterocycles. The third-order valence-corrected chi connectivity index (χ3v) is 7.91. The monoisotopic (exact) mass is 602 g/mol. The summed E-state index contributed by atoms with van der Waals surface area (Å²) in [5.74, 6) is -1.75. The van der Waals surface area contributed by atoms with Crippen molar-refractivity contribution < 1.29 is 45.1 Å². The predicted molar refractivity (Wildman–Crippen MR) is 138 cm³/mol. The van der Waals surface area contributed by atoms with Crippen molar-refractivity contribution in [2.24, 2.45) is 5.92 Å². The van der Waals surface area contributed by atoms with E-state index in [0.717, 1.165) is 7.05 Å². The molecule has 2 fully saturated rings. The first-order valence-corrected chi connectivity index (χ1v) is 13.1. The minimum Gasteiger partial charge on any atom is -0.342 e. The normalized spacial score (nSPS) is 19.8. The van der Waals surface area contributed by atoms with Gasteiger partial charge in [0, 0.05) is 64.8 Å². The van der Waals surface area contributed by atoms with Crippen molar-refractivity contribution in [2.45, 2.75) is 37.7 Å². The van der Waals surface area contributed by atoms with Gasteiger partial charge in [0.15, 0.2) is 0 Å². The van der Waals surface area contributed by atoms with E-state index in [-0.39, 0.29) is 56.4 Å². The summed E-state index contributed by atoms with van der Waals surface area (Å²) in [6, 6.07) is 4.90. The van der Waals surface area contributed by atoms with Crippen LogP contribution in [0.3, 0.4) is 0 Å². The molecule has 0 N–H and O–H groups in total. The standard InChI is InChI=1S/C28H29F7N4O3/c1-16(40)39-13-18(14-39)25(41)38-9-8-24(23(15-38)17-4-6-21(29)7-5-17)37(3)26(42)36(2)22-11-19(27(30,31)32)10-20(12-22)28(33,34)35/h4-7,10-12,18,23-24H,8-9,13-15H2,1-3H3/t23-,24+/m0/s1. The molecule has 2 aromatic carbocycles. The molecule has 2 aromatic rings. The number of anilines is 1. The Morgan fingerprint density at radius 1 is 0.833 bits per heavy atom. The Hall–Kier alpha value is -3.84. The number of carbonyl (C=O) groups excluding carboxylic acids is 3. The molecule has 0 spiro atoms. The number of carbonyl (C=O) groups is 3. The molecular weight excluding hydrogens is 573 g/mol. The van der Waals surface area contributed by atoms with Crippen LogP contribution in [0.25, 0.3) is 0 Å². The lowest BCUT2D eigenvalue weighted by atomic mass is 9.84. The van der Waals surface area contributed by atoms with Gasteiger partial charge >= 0.3 is 18.4 Å². The van der Waals surface area contributed by atoms with Crippen LogP contribution in [-0.4, -0.2) is 78.9 Å². The molecule has 2 saturated heterocycles. The topological polar surface area (TPSA) is 64.2 Å². The lowest BCUT2D eigenvalue weighted by Crippen LogP contribution is -2.59. The second-order valence-electron chi connectivity index (χ2n) is 10.6. The Labute approximate surface area is 237 Å². The first-order valence-electron chi connectivity index (χ1n) is 13.1. The largest absolute Gasteiger partial charge is 0.416 e.